The maximum atomic E-state index is 3.50. The number of benzene rings is 3. The SMILES string of the molecule is CC1(C)[C-]=Cc2cc3c(cc21)Cc1cc2c(cc1-3)C=CC2(C)C.CC[C](=[Zr+2])c1ccccc1.Cc1cc(C(C)(C)C)c[cH-]1.[Cl-].[Cl-]. The molecule has 234 valence electrons. The van der Waals surface area contributed by atoms with Crippen molar-refractivity contribution in [1.82, 2.24) is 0 Å². The van der Waals surface area contributed by atoms with E-state index in [0.29, 0.717) is 5.41 Å². The Bertz CT molecular complexity index is 1640. The van der Waals surface area contributed by atoms with Gasteiger partial charge in [0.2, 0.25) is 0 Å². The molecule has 4 aromatic rings. The van der Waals surface area contributed by atoms with Crippen molar-refractivity contribution >= 4 is 15.4 Å². The van der Waals surface area contributed by atoms with Crippen LogP contribution in [0.3, 0.4) is 0 Å². The van der Waals surface area contributed by atoms with Crippen LogP contribution in [0.25, 0.3) is 23.3 Å². The standard InChI is InChI=1S/C23H21.C10H15.C9H10.2ClH.Zr/c1-22(2)7-5-14-10-18-16(12-20(14)22)9-17-13-21-15(11-19(17)18)6-8-23(21,3)4;1-8-5-6-9(7-8)10(2,3)4;1-2-6-9-7-4-3-5-8-9;;;/h5-7,10-13H,9H2,1-4H3;5-7H,1-4H3;3-5,7-8H,2H2,1H3;2*1H;/q2*-1;;;;+2/p-2. The zero-order valence-electron chi connectivity index (χ0n) is 28.3. The zero-order valence-corrected chi connectivity index (χ0v) is 32.3. The number of rotatable bonds is 2. The fraction of sp³-hybridized carbons (Fsp3) is 0.333. The molecule has 45 heavy (non-hydrogen) atoms. The van der Waals surface area contributed by atoms with Crippen LogP contribution in [0.4, 0.5) is 0 Å². The average Bonchev–Trinajstić information content (AvgIpc) is 3.71. The van der Waals surface area contributed by atoms with Crippen molar-refractivity contribution in [2.24, 2.45) is 0 Å². The minimum absolute atomic E-state index is 0. The Morgan fingerprint density at radius 3 is 2.00 bits per heavy atom. The molecule has 0 atom stereocenters. The maximum Gasteiger partial charge on any atom is -0.0635 e. The summed E-state index contributed by atoms with van der Waals surface area (Å²) >= 11 is 1.54. The summed E-state index contributed by atoms with van der Waals surface area (Å²) in [5, 5.41) is 0. The number of aryl methyl sites for hydroxylation is 1. The predicted octanol–water partition coefficient (Wildman–Crippen LogP) is 4.85. The summed E-state index contributed by atoms with van der Waals surface area (Å²) in [5.41, 5.74) is 16.2. The van der Waals surface area contributed by atoms with Crippen LogP contribution in [0.5, 0.6) is 0 Å². The molecule has 0 saturated carbocycles. The topological polar surface area (TPSA) is 0 Å². The maximum absolute atomic E-state index is 3.50. The van der Waals surface area contributed by atoms with E-state index in [1.54, 1.807) is 3.21 Å². The molecule has 0 bridgehead atoms. The number of fused-ring (bicyclic) bond motifs is 5. The largest absolute Gasteiger partial charge is 1.00 e. The van der Waals surface area contributed by atoms with Gasteiger partial charge < -0.3 is 24.8 Å². The Kier molecular flexibility index (Phi) is 11.8. The average molecular weight is 713 g/mol. The van der Waals surface area contributed by atoms with Crippen LogP contribution in [0.2, 0.25) is 0 Å². The van der Waals surface area contributed by atoms with E-state index < -0.39 is 0 Å². The van der Waals surface area contributed by atoms with Gasteiger partial charge in [-0.3, -0.25) is 6.08 Å². The number of halogens is 2. The third-order valence-corrected chi connectivity index (χ3v) is 10.7. The molecule has 0 saturated heterocycles. The normalized spacial score (nSPS) is 15.2. The monoisotopic (exact) mass is 710 g/mol. The van der Waals surface area contributed by atoms with E-state index in [4.69, 9.17) is 0 Å². The number of hydrogen-bond acceptors (Lipinski definition) is 0. The molecule has 0 nitrogen and oxygen atoms in total. The second kappa shape index (κ2) is 14.3. The van der Waals surface area contributed by atoms with Crippen molar-refractivity contribution in [3.8, 4) is 11.1 Å². The van der Waals surface area contributed by atoms with Crippen LogP contribution < -0.4 is 24.8 Å². The first-order valence-electron chi connectivity index (χ1n) is 15.7. The van der Waals surface area contributed by atoms with Gasteiger partial charge in [0.05, 0.1) is 0 Å². The smallest absolute Gasteiger partial charge is 0.0635 e. The van der Waals surface area contributed by atoms with Crippen molar-refractivity contribution in [1.29, 1.82) is 0 Å². The van der Waals surface area contributed by atoms with Gasteiger partial charge in [0.1, 0.15) is 0 Å². The molecule has 0 N–H and O–H groups in total. The predicted molar refractivity (Wildman–Crippen MR) is 184 cm³/mol. The fourth-order valence-corrected chi connectivity index (χ4v) is 6.68. The first-order valence-corrected chi connectivity index (χ1v) is 16.9. The molecule has 0 radical (unpaired) electrons. The Labute approximate surface area is 300 Å². The van der Waals surface area contributed by atoms with E-state index in [1.807, 2.05) is 0 Å². The second-order valence-corrected chi connectivity index (χ2v) is 15.9. The summed E-state index contributed by atoms with van der Waals surface area (Å²) in [6.07, 6.45) is 12.5. The molecule has 0 spiro atoms. The van der Waals surface area contributed by atoms with E-state index in [2.05, 4.69) is 159 Å². The summed E-state index contributed by atoms with van der Waals surface area (Å²) in [7, 11) is 0. The van der Waals surface area contributed by atoms with E-state index in [9.17, 15) is 0 Å². The molecule has 4 aromatic carbocycles. The quantitative estimate of drug-likeness (QED) is 0.230. The minimum atomic E-state index is 0. The van der Waals surface area contributed by atoms with Crippen molar-refractivity contribution in [2.45, 2.75) is 91.4 Å². The van der Waals surface area contributed by atoms with Gasteiger partial charge in [-0.25, -0.2) is 12.1 Å². The van der Waals surface area contributed by atoms with Gasteiger partial charge in [-0.15, -0.1) is 11.6 Å². The van der Waals surface area contributed by atoms with Gasteiger partial charge in [-0.05, 0) is 45.9 Å². The summed E-state index contributed by atoms with van der Waals surface area (Å²) in [5.74, 6) is 0. The Morgan fingerprint density at radius 2 is 1.47 bits per heavy atom. The van der Waals surface area contributed by atoms with Crippen molar-refractivity contribution in [3.63, 3.8) is 0 Å². The van der Waals surface area contributed by atoms with Crippen molar-refractivity contribution < 1.29 is 49.0 Å². The number of hydrogen-bond donors (Lipinski definition) is 0. The Morgan fingerprint density at radius 1 is 0.867 bits per heavy atom. The van der Waals surface area contributed by atoms with E-state index in [1.165, 1.54) is 91.9 Å². The third-order valence-electron chi connectivity index (χ3n) is 9.11. The molecule has 0 fully saturated rings. The second-order valence-electron chi connectivity index (χ2n) is 14.5. The number of allylic oxidation sites excluding steroid dienone is 2. The molecular weight excluding hydrogens is 667 g/mol. The van der Waals surface area contributed by atoms with Crippen LogP contribution in [0.1, 0.15) is 112 Å². The van der Waals surface area contributed by atoms with Crippen molar-refractivity contribution in [3.05, 3.63) is 135 Å². The molecule has 7 rings (SSSR count). The zero-order chi connectivity index (χ0) is 31.2. The van der Waals surface area contributed by atoms with Crippen LogP contribution in [-0.2, 0) is 46.9 Å². The first-order chi connectivity index (χ1) is 20.2. The van der Waals surface area contributed by atoms with E-state index in [0.717, 1.165) is 6.42 Å². The molecule has 0 unspecified atom stereocenters. The summed E-state index contributed by atoms with van der Waals surface area (Å²) in [4.78, 5) is 0. The van der Waals surface area contributed by atoms with Gasteiger partial charge >= 0.3 is 76.7 Å². The van der Waals surface area contributed by atoms with Crippen molar-refractivity contribution in [2.75, 3.05) is 0 Å². The van der Waals surface area contributed by atoms with Gasteiger partial charge in [-0.2, -0.15) is 28.8 Å². The fourth-order valence-electron chi connectivity index (χ4n) is 6.27. The molecule has 0 aromatic heterocycles. The molecule has 0 amide bonds. The summed E-state index contributed by atoms with van der Waals surface area (Å²) < 4.78 is 1.55. The van der Waals surface area contributed by atoms with Gasteiger partial charge in [0, 0.05) is 5.41 Å². The first kappa shape index (κ1) is 37.3. The van der Waals surface area contributed by atoms with Crippen LogP contribution >= 0.6 is 0 Å². The van der Waals surface area contributed by atoms with Crippen LogP contribution in [0.15, 0.2) is 78.9 Å². The molecule has 3 aliphatic rings. The molecule has 0 heterocycles. The molecule has 0 aliphatic heterocycles. The van der Waals surface area contributed by atoms with Gasteiger partial charge in [-0.1, -0.05) is 90.5 Å². The molecule has 3 heteroatoms. The molecular formula is C42H46Cl2Zr-2. The Hall–Kier alpha value is -2.18. The van der Waals surface area contributed by atoms with Crippen LogP contribution in [-0.4, -0.2) is 3.21 Å². The van der Waals surface area contributed by atoms with Gasteiger partial charge in [0.25, 0.3) is 0 Å². The summed E-state index contributed by atoms with van der Waals surface area (Å²) in [6, 6.07) is 26.9. The molecule has 3 aliphatic carbocycles. The van der Waals surface area contributed by atoms with E-state index in [-0.39, 0.29) is 35.6 Å². The minimum Gasteiger partial charge on any atom is -1.00 e. The van der Waals surface area contributed by atoms with E-state index >= 15 is 0 Å². The van der Waals surface area contributed by atoms with Crippen LogP contribution in [0, 0.1) is 13.0 Å². The summed E-state index contributed by atoms with van der Waals surface area (Å²) in [6.45, 7) is 20.2. The third kappa shape index (κ3) is 8.04. The van der Waals surface area contributed by atoms with Gasteiger partial charge in [0.15, 0.2) is 0 Å². The Balaban J connectivity index is 0.000000211.